The van der Waals surface area contributed by atoms with Crippen molar-refractivity contribution in [2.45, 2.75) is 6.92 Å². The largest absolute Gasteiger partial charge is 0.326 e. The van der Waals surface area contributed by atoms with Gasteiger partial charge in [-0.25, -0.2) is 0 Å². The van der Waals surface area contributed by atoms with E-state index in [2.05, 4.69) is 11.4 Å². The fourth-order valence-electron chi connectivity index (χ4n) is 1.71. The predicted molar refractivity (Wildman–Crippen MR) is 63.0 cm³/mol. The van der Waals surface area contributed by atoms with E-state index in [1.165, 1.54) is 6.92 Å². The molecular formula is C13H10N2O. The molecule has 0 saturated carbocycles. The fourth-order valence-corrected chi connectivity index (χ4v) is 1.71. The van der Waals surface area contributed by atoms with Crippen molar-refractivity contribution in [3.63, 3.8) is 0 Å². The number of benzene rings is 2. The van der Waals surface area contributed by atoms with E-state index in [0.717, 1.165) is 16.5 Å². The number of amides is 1. The van der Waals surface area contributed by atoms with E-state index in [1.807, 2.05) is 30.3 Å². The minimum Gasteiger partial charge on any atom is -0.326 e. The summed E-state index contributed by atoms with van der Waals surface area (Å²) in [7, 11) is 0. The van der Waals surface area contributed by atoms with Crippen molar-refractivity contribution in [1.82, 2.24) is 0 Å². The van der Waals surface area contributed by atoms with Gasteiger partial charge in [0.15, 0.2) is 0 Å². The van der Waals surface area contributed by atoms with Crippen molar-refractivity contribution in [3.8, 4) is 6.07 Å². The lowest BCUT2D eigenvalue weighted by Crippen LogP contribution is -2.06. The molecule has 0 atom stereocenters. The normalized spacial score (nSPS) is 9.75. The van der Waals surface area contributed by atoms with Gasteiger partial charge in [0, 0.05) is 23.4 Å². The number of rotatable bonds is 1. The maximum atomic E-state index is 11.0. The van der Waals surface area contributed by atoms with Crippen LogP contribution in [0.5, 0.6) is 0 Å². The van der Waals surface area contributed by atoms with Gasteiger partial charge in [0.2, 0.25) is 5.91 Å². The van der Waals surface area contributed by atoms with E-state index in [0.29, 0.717) is 5.56 Å². The van der Waals surface area contributed by atoms with Gasteiger partial charge in [0.05, 0.1) is 11.6 Å². The maximum absolute atomic E-state index is 11.0. The van der Waals surface area contributed by atoms with Gasteiger partial charge in [-0.15, -0.1) is 0 Å². The summed E-state index contributed by atoms with van der Waals surface area (Å²) in [4.78, 5) is 11.0. The highest BCUT2D eigenvalue weighted by atomic mass is 16.1. The smallest absolute Gasteiger partial charge is 0.221 e. The Morgan fingerprint density at radius 3 is 2.56 bits per heavy atom. The monoisotopic (exact) mass is 210 g/mol. The molecule has 0 saturated heterocycles. The van der Waals surface area contributed by atoms with Crippen LogP contribution in [0.2, 0.25) is 0 Å². The molecule has 0 radical (unpaired) electrons. The van der Waals surface area contributed by atoms with Crippen molar-refractivity contribution < 1.29 is 4.79 Å². The van der Waals surface area contributed by atoms with Crippen LogP contribution in [-0.2, 0) is 4.79 Å². The highest BCUT2D eigenvalue weighted by Crippen LogP contribution is 2.25. The molecule has 0 aliphatic carbocycles. The summed E-state index contributed by atoms with van der Waals surface area (Å²) in [5.41, 5.74) is 1.35. The van der Waals surface area contributed by atoms with E-state index < -0.39 is 0 Å². The number of nitrogens with zero attached hydrogens (tertiary/aromatic N) is 1. The van der Waals surface area contributed by atoms with Crippen LogP contribution in [0, 0.1) is 11.3 Å². The van der Waals surface area contributed by atoms with E-state index in [1.54, 1.807) is 6.07 Å². The quantitative estimate of drug-likeness (QED) is 0.786. The Balaban J connectivity index is 2.70. The molecule has 1 amide bonds. The van der Waals surface area contributed by atoms with Gasteiger partial charge in [-0.1, -0.05) is 24.3 Å². The molecule has 0 aliphatic rings. The van der Waals surface area contributed by atoms with Crippen molar-refractivity contribution in [2.75, 3.05) is 5.32 Å². The van der Waals surface area contributed by atoms with Gasteiger partial charge in [0.1, 0.15) is 0 Å². The molecule has 0 fully saturated rings. The standard InChI is InChI=1S/C13H10N2O/c1-9(16)15-13-7-3-5-11-10(8-14)4-2-6-12(11)13/h2-7H,1H3,(H,15,16). The molecule has 2 aromatic carbocycles. The summed E-state index contributed by atoms with van der Waals surface area (Å²) < 4.78 is 0. The third kappa shape index (κ3) is 1.73. The minimum absolute atomic E-state index is 0.116. The molecule has 0 heterocycles. The van der Waals surface area contributed by atoms with E-state index >= 15 is 0 Å². The van der Waals surface area contributed by atoms with E-state index in [4.69, 9.17) is 5.26 Å². The van der Waals surface area contributed by atoms with Crippen molar-refractivity contribution in [3.05, 3.63) is 42.0 Å². The molecule has 3 heteroatoms. The Labute approximate surface area is 93.3 Å². The van der Waals surface area contributed by atoms with Crippen molar-refractivity contribution in [2.24, 2.45) is 0 Å². The zero-order chi connectivity index (χ0) is 11.5. The van der Waals surface area contributed by atoms with Gasteiger partial charge in [-0.3, -0.25) is 4.79 Å². The summed E-state index contributed by atoms with van der Waals surface area (Å²) in [5, 5.41) is 13.5. The molecular weight excluding hydrogens is 200 g/mol. The average Bonchev–Trinajstić information content (AvgIpc) is 2.28. The van der Waals surface area contributed by atoms with Crippen LogP contribution in [0.3, 0.4) is 0 Å². The number of hydrogen-bond donors (Lipinski definition) is 1. The number of nitrogens with one attached hydrogen (secondary N) is 1. The van der Waals surface area contributed by atoms with Gasteiger partial charge in [-0.05, 0) is 12.1 Å². The van der Waals surface area contributed by atoms with Crippen LogP contribution in [0.15, 0.2) is 36.4 Å². The fraction of sp³-hybridized carbons (Fsp3) is 0.0769. The average molecular weight is 210 g/mol. The molecule has 2 aromatic rings. The third-order valence-electron chi connectivity index (χ3n) is 2.35. The number of fused-ring (bicyclic) bond motifs is 1. The summed E-state index contributed by atoms with van der Waals surface area (Å²) >= 11 is 0. The SMILES string of the molecule is CC(=O)Nc1cccc2c(C#N)cccc12. The zero-order valence-electron chi connectivity index (χ0n) is 8.82. The first-order valence-electron chi connectivity index (χ1n) is 4.92. The molecule has 78 valence electrons. The van der Waals surface area contributed by atoms with Crippen LogP contribution >= 0.6 is 0 Å². The molecule has 0 unspecified atom stereocenters. The Hall–Kier alpha value is -2.34. The Bertz CT molecular complexity index is 596. The zero-order valence-corrected chi connectivity index (χ0v) is 8.82. The van der Waals surface area contributed by atoms with Crippen LogP contribution in [-0.4, -0.2) is 5.91 Å². The highest BCUT2D eigenvalue weighted by molar-refractivity contribution is 6.03. The maximum Gasteiger partial charge on any atom is 0.221 e. The lowest BCUT2D eigenvalue weighted by Gasteiger charge is -2.07. The second-order valence-electron chi connectivity index (χ2n) is 3.50. The van der Waals surface area contributed by atoms with Crippen LogP contribution in [0.1, 0.15) is 12.5 Å². The lowest BCUT2D eigenvalue weighted by atomic mass is 10.0. The molecule has 16 heavy (non-hydrogen) atoms. The van der Waals surface area contributed by atoms with Crippen LogP contribution in [0.25, 0.3) is 10.8 Å². The summed E-state index contributed by atoms with van der Waals surface area (Å²) in [6.45, 7) is 1.47. The molecule has 0 bridgehead atoms. The first kappa shape index (κ1) is 10.2. The Kier molecular flexibility index (Phi) is 2.57. The number of carbonyl (C=O) groups excluding carboxylic acids is 1. The van der Waals surface area contributed by atoms with Crippen LogP contribution in [0.4, 0.5) is 5.69 Å². The first-order chi connectivity index (χ1) is 7.72. The lowest BCUT2D eigenvalue weighted by molar-refractivity contribution is -0.114. The Morgan fingerprint density at radius 2 is 1.88 bits per heavy atom. The summed E-state index contributed by atoms with van der Waals surface area (Å²) in [6, 6.07) is 13.1. The van der Waals surface area contributed by atoms with Gasteiger partial charge >= 0.3 is 0 Å². The predicted octanol–water partition coefficient (Wildman–Crippen LogP) is 2.67. The molecule has 0 aromatic heterocycles. The number of carbonyl (C=O) groups is 1. The number of nitriles is 1. The number of anilines is 1. The topological polar surface area (TPSA) is 52.9 Å². The molecule has 0 spiro atoms. The highest BCUT2D eigenvalue weighted by Gasteiger charge is 2.04. The van der Waals surface area contributed by atoms with Crippen molar-refractivity contribution in [1.29, 1.82) is 5.26 Å². The number of hydrogen-bond acceptors (Lipinski definition) is 2. The summed E-state index contributed by atoms with van der Waals surface area (Å²) in [6.07, 6.45) is 0. The summed E-state index contributed by atoms with van der Waals surface area (Å²) in [5.74, 6) is -0.116. The molecule has 1 N–H and O–H groups in total. The van der Waals surface area contributed by atoms with Crippen molar-refractivity contribution >= 4 is 22.4 Å². The molecule has 2 rings (SSSR count). The van der Waals surface area contributed by atoms with E-state index in [9.17, 15) is 4.79 Å². The van der Waals surface area contributed by atoms with Gasteiger partial charge < -0.3 is 5.32 Å². The minimum atomic E-state index is -0.116. The van der Waals surface area contributed by atoms with Gasteiger partial charge in [0.25, 0.3) is 0 Å². The molecule has 3 nitrogen and oxygen atoms in total. The van der Waals surface area contributed by atoms with Gasteiger partial charge in [-0.2, -0.15) is 5.26 Å². The molecule has 0 aliphatic heterocycles. The van der Waals surface area contributed by atoms with Crippen LogP contribution < -0.4 is 5.32 Å². The second-order valence-corrected chi connectivity index (χ2v) is 3.50. The first-order valence-corrected chi connectivity index (χ1v) is 4.92. The third-order valence-corrected chi connectivity index (χ3v) is 2.35. The van der Waals surface area contributed by atoms with E-state index in [-0.39, 0.29) is 5.91 Å². The second kappa shape index (κ2) is 4.03. The Morgan fingerprint density at radius 1 is 1.19 bits per heavy atom.